The molecule has 2 rings (SSSR count). The van der Waals surface area contributed by atoms with Crippen LogP contribution in [-0.2, 0) is 6.61 Å². The molecule has 0 unspecified atom stereocenters. The number of ether oxygens (including phenoxy) is 1. The van der Waals surface area contributed by atoms with Gasteiger partial charge in [0.2, 0.25) is 0 Å². The minimum absolute atomic E-state index is 0.0458. The molecule has 0 fully saturated rings. The van der Waals surface area contributed by atoms with Crippen molar-refractivity contribution in [2.24, 2.45) is 0 Å². The first kappa shape index (κ1) is 15.7. The third-order valence-corrected chi connectivity index (χ3v) is 3.35. The third-order valence-electron chi connectivity index (χ3n) is 2.86. The lowest BCUT2D eigenvalue weighted by Gasteiger charge is -2.11. The van der Waals surface area contributed by atoms with Crippen LogP contribution in [0.2, 0.25) is 5.02 Å². The molecular formula is C17H13Cl2FO. The average Bonchev–Trinajstić information content (AvgIpc) is 2.46. The van der Waals surface area contributed by atoms with E-state index < -0.39 is 0 Å². The topological polar surface area (TPSA) is 9.23 Å². The van der Waals surface area contributed by atoms with Crippen molar-refractivity contribution in [1.29, 1.82) is 0 Å². The summed E-state index contributed by atoms with van der Waals surface area (Å²) < 4.78 is 19.4. The third kappa shape index (κ3) is 4.14. The number of rotatable bonds is 3. The molecule has 4 heteroatoms. The summed E-state index contributed by atoms with van der Waals surface area (Å²) in [6.07, 6.45) is 0. The van der Waals surface area contributed by atoms with Gasteiger partial charge in [0.25, 0.3) is 0 Å². The molecule has 0 saturated heterocycles. The molecule has 0 spiro atoms. The van der Waals surface area contributed by atoms with Gasteiger partial charge in [-0.05, 0) is 36.8 Å². The molecule has 108 valence electrons. The maximum absolute atomic E-state index is 13.7. The molecule has 0 bridgehead atoms. The summed E-state index contributed by atoms with van der Waals surface area (Å²) in [6.45, 7) is 2.01. The largest absolute Gasteiger partial charge is 0.487 e. The maximum atomic E-state index is 13.7. The SMILES string of the molecule is Cc1ccc(OCc2c(F)cccc2Cl)c(C#CCCl)c1. The summed E-state index contributed by atoms with van der Waals surface area (Å²) in [5.41, 5.74) is 2.12. The lowest BCUT2D eigenvalue weighted by atomic mass is 10.1. The predicted molar refractivity (Wildman–Crippen MR) is 84.5 cm³/mol. The molecule has 0 aliphatic heterocycles. The van der Waals surface area contributed by atoms with E-state index in [4.69, 9.17) is 27.9 Å². The molecule has 0 amide bonds. The first-order chi connectivity index (χ1) is 10.1. The minimum atomic E-state index is -0.386. The van der Waals surface area contributed by atoms with Crippen molar-refractivity contribution in [2.45, 2.75) is 13.5 Å². The number of benzene rings is 2. The number of hydrogen-bond acceptors (Lipinski definition) is 1. The Balaban J connectivity index is 2.24. The lowest BCUT2D eigenvalue weighted by molar-refractivity contribution is 0.299. The normalized spacial score (nSPS) is 9.90. The zero-order valence-corrected chi connectivity index (χ0v) is 12.9. The summed E-state index contributed by atoms with van der Waals surface area (Å²) in [7, 11) is 0. The van der Waals surface area contributed by atoms with Gasteiger partial charge in [-0.15, -0.1) is 11.6 Å². The zero-order chi connectivity index (χ0) is 15.2. The highest BCUT2D eigenvalue weighted by Crippen LogP contribution is 2.24. The molecule has 0 aromatic heterocycles. The van der Waals surface area contributed by atoms with Crippen molar-refractivity contribution in [3.8, 4) is 17.6 Å². The van der Waals surface area contributed by atoms with Gasteiger partial charge in [-0.1, -0.05) is 35.6 Å². The van der Waals surface area contributed by atoms with Crippen LogP contribution >= 0.6 is 23.2 Å². The maximum Gasteiger partial charge on any atom is 0.135 e. The van der Waals surface area contributed by atoms with E-state index in [1.165, 1.54) is 6.07 Å². The first-order valence-corrected chi connectivity index (χ1v) is 7.24. The van der Waals surface area contributed by atoms with Crippen LogP contribution in [0.5, 0.6) is 5.75 Å². The molecule has 0 radical (unpaired) electrons. The van der Waals surface area contributed by atoms with Crippen LogP contribution in [-0.4, -0.2) is 5.88 Å². The number of alkyl halides is 1. The molecule has 2 aromatic carbocycles. The van der Waals surface area contributed by atoms with Gasteiger partial charge >= 0.3 is 0 Å². The molecule has 0 aliphatic carbocycles. The van der Waals surface area contributed by atoms with Gasteiger partial charge in [-0.3, -0.25) is 0 Å². The molecule has 21 heavy (non-hydrogen) atoms. The van der Waals surface area contributed by atoms with Crippen molar-refractivity contribution in [3.63, 3.8) is 0 Å². The molecule has 0 aliphatic rings. The molecule has 0 atom stereocenters. The van der Waals surface area contributed by atoms with Crippen molar-refractivity contribution >= 4 is 23.2 Å². The van der Waals surface area contributed by atoms with Crippen LogP contribution in [0.3, 0.4) is 0 Å². The Labute approximate surface area is 133 Å². The van der Waals surface area contributed by atoms with Gasteiger partial charge in [0.05, 0.1) is 16.5 Å². The van der Waals surface area contributed by atoms with Crippen molar-refractivity contribution in [2.75, 3.05) is 5.88 Å². The van der Waals surface area contributed by atoms with Gasteiger partial charge in [0, 0.05) is 5.56 Å². The van der Waals surface area contributed by atoms with Crippen LogP contribution in [0, 0.1) is 24.6 Å². The summed E-state index contributed by atoms with van der Waals surface area (Å²) in [6, 6.07) is 10.2. The number of aryl methyl sites for hydroxylation is 1. The smallest absolute Gasteiger partial charge is 0.135 e. The van der Waals surface area contributed by atoms with Crippen molar-refractivity contribution in [3.05, 3.63) is 63.9 Å². The summed E-state index contributed by atoms with van der Waals surface area (Å²) >= 11 is 11.6. The van der Waals surface area contributed by atoms with E-state index in [-0.39, 0.29) is 18.3 Å². The molecular weight excluding hydrogens is 310 g/mol. The monoisotopic (exact) mass is 322 g/mol. The van der Waals surface area contributed by atoms with E-state index in [0.717, 1.165) is 11.1 Å². The van der Waals surface area contributed by atoms with Crippen LogP contribution in [0.25, 0.3) is 0 Å². The van der Waals surface area contributed by atoms with Gasteiger partial charge in [0.1, 0.15) is 18.2 Å². The summed E-state index contributed by atoms with van der Waals surface area (Å²) in [5.74, 6) is 6.16. The number of halogens is 3. The van der Waals surface area contributed by atoms with E-state index in [9.17, 15) is 4.39 Å². The fourth-order valence-electron chi connectivity index (χ4n) is 1.82. The highest BCUT2D eigenvalue weighted by atomic mass is 35.5. The molecule has 0 heterocycles. The zero-order valence-electron chi connectivity index (χ0n) is 11.4. The second kappa shape index (κ2) is 7.36. The van der Waals surface area contributed by atoms with Gasteiger partial charge in [0.15, 0.2) is 0 Å². The second-order valence-corrected chi connectivity index (χ2v) is 5.10. The van der Waals surface area contributed by atoms with E-state index >= 15 is 0 Å². The highest BCUT2D eigenvalue weighted by molar-refractivity contribution is 6.31. The highest BCUT2D eigenvalue weighted by Gasteiger charge is 2.09. The van der Waals surface area contributed by atoms with Crippen LogP contribution in [0.4, 0.5) is 4.39 Å². The van der Waals surface area contributed by atoms with E-state index in [1.54, 1.807) is 12.1 Å². The van der Waals surface area contributed by atoms with Gasteiger partial charge in [-0.25, -0.2) is 4.39 Å². The molecule has 0 saturated carbocycles. The Morgan fingerprint density at radius 3 is 2.76 bits per heavy atom. The predicted octanol–water partition coefficient (Wildman–Crippen LogP) is 4.96. The fraction of sp³-hybridized carbons (Fsp3) is 0.176. The Kier molecular flexibility index (Phi) is 5.50. The number of hydrogen-bond donors (Lipinski definition) is 0. The van der Waals surface area contributed by atoms with E-state index in [1.807, 2.05) is 25.1 Å². The van der Waals surface area contributed by atoms with Crippen molar-refractivity contribution in [1.82, 2.24) is 0 Å². The van der Waals surface area contributed by atoms with E-state index in [2.05, 4.69) is 11.8 Å². The molecule has 1 nitrogen and oxygen atoms in total. The Morgan fingerprint density at radius 1 is 1.24 bits per heavy atom. The molecule has 0 N–H and O–H groups in total. The quantitative estimate of drug-likeness (QED) is 0.573. The lowest BCUT2D eigenvalue weighted by Crippen LogP contribution is -2.01. The fourth-order valence-corrected chi connectivity index (χ4v) is 2.10. The summed E-state index contributed by atoms with van der Waals surface area (Å²) in [4.78, 5) is 0. The minimum Gasteiger partial charge on any atom is -0.487 e. The molecule has 2 aromatic rings. The average molecular weight is 323 g/mol. The first-order valence-electron chi connectivity index (χ1n) is 6.33. The van der Waals surface area contributed by atoms with E-state index in [0.29, 0.717) is 16.3 Å². The Bertz CT molecular complexity index is 681. The van der Waals surface area contributed by atoms with Crippen molar-refractivity contribution < 1.29 is 9.13 Å². The standard InChI is InChI=1S/C17H13Cl2FO/c1-12-7-8-17(13(10-12)4-3-9-18)21-11-14-15(19)5-2-6-16(14)20/h2,5-8,10H,9,11H2,1H3. The van der Waals surface area contributed by atoms with Gasteiger partial charge < -0.3 is 4.74 Å². The Morgan fingerprint density at radius 2 is 2.05 bits per heavy atom. The van der Waals surface area contributed by atoms with Crippen LogP contribution in [0.1, 0.15) is 16.7 Å². The summed E-state index contributed by atoms with van der Waals surface area (Å²) in [5, 5.41) is 0.343. The second-order valence-electron chi connectivity index (χ2n) is 4.42. The van der Waals surface area contributed by atoms with Crippen LogP contribution in [0.15, 0.2) is 36.4 Å². The van der Waals surface area contributed by atoms with Crippen LogP contribution < -0.4 is 4.74 Å². The Hall–Kier alpha value is -1.69. The van der Waals surface area contributed by atoms with Gasteiger partial charge in [-0.2, -0.15) is 0 Å².